The fraction of sp³-hybridized carbons (Fsp3) is 0.370. The van der Waals surface area contributed by atoms with Crippen molar-refractivity contribution >= 4 is 22.4 Å². The highest BCUT2D eigenvalue weighted by Gasteiger charge is 2.19. The smallest absolute Gasteiger partial charge is 0.160 e. The molecule has 0 amide bonds. The standard InChI is InChI=1S/C27H31N7O/c1-17-10-19(11-18(2)26(17)34-7-5-33(3)6-8-34)23-13-21-22(15-30-27(21)32-31-23)20-12-24-25(29-14-20)16-35-9-4-28-24/h10-15,28H,4-9,16H2,1-3H3,(H,30,32). The summed E-state index contributed by atoms with van der Waals surface area (Å²) >= 11 is 0. The molecule has 2 N–H and O–H groups in total. The lowest BCUT2D eigenvalue weighted by molar-refractivity contribution is 0.132. The van der Waals surface area contributed by atoms with E-state index in [9.17, 15) is 0 Å². The number of aryl methyl sites for hydroxylation is 2. The molecule has 3 aromatic heterocycles. The second kappa shape index (κ2) is 8.94. The summed E-state index contributed by atoms with van der Waals surface area (Å²) < 4.78 is 5.60. The molecule has 0 saturated carbocycles. The highest BCUT2D eigenvalue weighted by Crippen LogP contribution is 2.34. The number of pyridine rings is 1. The van der Waals surface area contributed by atoms with Crippen LogP contribution in [0.25, 0.3) is 33.4 Å². The predicted molar refractivity (Wildman–Crippen MR) is 140 cm³/mol. The molecule has 0 atom stereocenters. The average molecular weight is 470 g/mol. The van der Waals surface area contributed by atoms with Crippen molar-refractivity contribution in [3.05, 3.63) is 53.5 Å². The monoisotopic (exact) mass is 469 g/mol. The lowest BCUT2D eigenvalue weighted by Gasteiger charge is -2.36. The fourth-order valence-electron chi connectivity index (χ4n) is 5.27. The molecule has 1 aromatic carbocycles. The molecular formula is C27H31N7O. The number of aromatic nitrogens is 4. The summed E-state index contributed by atoms with van der Waals surface area (Å²) in [6.07, 6.45) is 3.91. The second-order valence-corrected chi connectivity index (χ2v) is 9.64. The van der Waals surface area contributed by atoms with Gasteiger partial charge < -0.3 is 24.8 Å². The minimum atomic E-state index is 0.537. The third kappa shape index (κ3) is 4.13. The molecule has 0 unspecified atom stereocenters. The Morgan fingerprint density at radius 3 is 2.54 bits per heavy atom. The van der Waals surface area contributed by atoms with Crippen LogP contribution < -0.4 is 10.2 Å². The molecule has 0 bridgehead atoms. The first-order valence-electron chi connectivity index (χ1n) is 12.3. The van der Waals surface area contributed by atoms with Gasteiger partial charge in [-0.25, -0.2) is 0 Å². The van der Waals surface area contributed by atoms with Gasteiger partial charge in [0.2, 0.25) is 0 Å². The number of nitrogens with zero attached hydrogens (tertiary/aromatic N) is 5. The van der Waals surface area contributed by atoms with E-state index in [0.717, 1.165) is 77.5 Å². The molecule has 8 heteroatoms. The van der Waals surface area contributed by atoms with E-state index in [1.165, 1.54) is 16.8 Å². The summed E-state index contributed by atoms with van der Waals surface area (Å²) in [5, 5.41) is 13.5. The zero-order valence-electron chi connectivity index (χ0n) is 20.6. The quantitative estimate of drug-likeness (QED) is 0.469. The number of hydrogen-bond donors (Lipinski definition) is 2. The SMILES string of the molecule is Cc1cc(-c2cc3c(-c4cnc5c(c4)NCCOC5)c[nH]c3nn2)cc(C)c1N1CCN(C)CC1. The van der Waals surface area contributed by atoms with Crippen LogP contribution in [0.2, 0.25) is 0 Å². The lowest BCUT2D eigenvalue weighted by Crippen LogP contribution is -2.45. The number of fused-ring (bicyclic) bond motifs is 2. The molecule has 4 aromatic rings. The number of piperazine rings is 1. The van der Waals surface area contributed by atoms with Crippen molar-refractivity contribution in [3.63, 3.8) is 0 Å². The Morgan fingerprint density at radius 1 is 0.943 bits per heavy atom. The van der Waals surface area contributed by atoms with Gasteiger partial charge in [-0.3, -0.25) is 4.98 Å². The Labute approximate surface area is 205 Å². The lowest BCUT2D eigenvalue weighted by atomic mass is 9.99. The molecule has 0 radical (unpaired) electrons. The first-order chi connectivity index (χ1) is 17.1. The van der Waals surface area contributed by atoms with Crippen molar-refractivity contribution in [2.24, 2.45) is 0 Å². The molecule has 180 valence electrons. The van der Waals surface area contributed by atoms with Crippen LogP contribution in [0.4, 0.5) is 11.4 Å². The zero-order chi connectivity index (χ0) is 23.9. The van der Waals surface area contributed by atoms with Gasteiger partial charge in [0.05, 0.1) is 30.3 Å². The van der Waals surface area contributed by atoms with E-state index in [-0.39, 0.29) is 0 Å². The van der Waals surface area contributed by atoms with Gasteiger partial charge in [0, 0.05) is 72.9 Å². The molecule has 5 heterocycles. The van der Waals surface area contributed by atoms with Crippen LogP contribution in [0.1, 0.15) is 16.8 Å². The Hall–Kier alpha value is -3.49. The first kappa shape index (κ1) is 22.0. The summed E-state index contributed by atoms with van der Waals surface area (Å²) in [4.78, 5) is 12.8. The zero-order valence-corrected chi connectivity index (χ0v) is 20.6. The van der Waals surface area contributed by atoms with E-state index >= 15 is 0 Å². The maximum Gasteiger partial charge on any atom is 0.160 e. The van der Waals surface area contributed by atoms with Crippen LogP contribution in [0.3, 0.4) is 0 Å². The van der Waals surface area contributed by atoms with Gasteiger partial charge in [0.1, 0.15) is 0 Å². The topological polar surface area (TPSA) is 82.2 Å². The molecule has 0 aliphatic carbocycles. The van der Waals surface area contributed by atoms with Gasteiger partial charge in [-0.05, 0) is 56.3 Å². The normalized spacial score (nSPS) is 16.7. The Bertz CT molecular complexity index is 1360. The molecule has 2 aliphatic rings. The number of aromatic amines is 1. The summed E-state index contributed by atoms with van der Waals surface area (Å²) in [6, 6.07) is 8.78. The van der Waals surface area contributed by atoms with Gasteiger partial charge in [0.15, 0.2) is 5.65 Å². The Kier molecular flexibility index (Phi) is 5.62. The minimum Gasteiger partial charge on any atom is -0.381 e. The van der Waals surface area contributed by atoms with Gasteiger partial charge in [-0.1, -0.05) is 0 Å². The average Bonchev–Trinajstić information content (AvgIpc) is 3.14. The Balaban J connectivity index is 1.36. The van der Waals surface area contributed by atoms with Crippen LogP contribution in [0.5, 0.6) is 0 Å². The minimum absolute atomic E-state index is 0.537. The third-order valence-corrected chi connectivity index (χ3v) is 7.13. The number of hydrogen-bond acceptors (Lipinski definition) is 7. The second-order valence-electron chi connectivity index (χ2n) is 9.64. The molecule has 35 heavy (non-hydrogen) atoms. The van der Waals surface area contributed by atoms with Crippen molar-refractivity contribution in [1.29, 1.82) is 0 Å². The third-order valence-electron chi connectivity index (χ3n) is 7.13. The molecule has 0 spiro atoms. The maximum atomic E-state index is 5.60. The molecule has 1 saturated heterocycles. The highest BCUT2D eigenvalue weighted by molar-refractivity contribution is 5.95. The number of likely N-dealkylation sites (N-methyl/N-ethyl adjacent to an activating group) is 1. The molecule has 1 fully saturated rings. The number of rotatable bonds is 3. The van der Waals surface area contributed by atoms with E-state index in [1.54, 1.807) is 0 Å². The largest absolute Gasteiger partial charge is 0.381 e. The van der Waals surface area contributed by atoms with E-state index in [0.29, 0.717) is 13.2 Å². The molecular weight excluding hydrogens is 438 g/mol. The van der Waals surface area contributed by atoms with Gasteiger partial charge >= 0.3 is 0 Å². The summed E-state index contributed by atoms with van der Waals surface area (Å²) in [6.45, 7) is 10.7. The van der Waals surface area contributed by atoms with E-state index in [4.69, 9.17) is 4.74 Å². The van der Waals surface area contributed by atoms with Crippen LogP contribution in [-0.4, -0.2) is 71.4 Å². The van der Waals surface area contributed by atoms with Crippen LogP contribution in [0, 0.1) is 13.8 Å². The predicted octanol–water partition coefficient (Wildman–Crippen LogP) is 4.00. The molecule has 2 aliphatic heterocycles. The van der Waals surface area contributed by atoms with Crippen LogP contribution in [-0.2, 0) is 11.3 Å². The number of nitrogens with one attached hydrogen (secondary N) is 2. The van der Waals surface area contributed by atoms with Crippen molar-refractivity contribution in [2.45, 2.75) is 20.5 Å². The van der Waals surface area contributed by atoms with Crippen LogP contribution in [0.15, 0.2) is 36.7 Å². The van der Waals surface area contributed by atoms with Crippen molar-refractivity contribution in [1.82, 2.24) is 25.1 Å². The summed E-state index contributed by atoms with van der Waals surface area (Å²) in [5.74, 6) is 0. The number of anilines is 2. The van der Waals surface area contributed by atoms with Crippen molar-refractivity contribution in [2.75, 3.05) is 56.6 Å². The number of benzene rings is 1. The fourth-order valence-corrected chi connectivity index (χ4v) is 5.27. The van der Waals surface area contributed by atoms with E-state index < -0.39 is 0 Å². The summed E-state index contributed by atoms with van der Waals surface area (Å²) in [5.41, 5.74) is 10.8. The molecule has 8 nitrogen and oxygen atoms in total. The van der Waals surface area contributed by atoms with Gasteiger partial charge in [-0.2, -0.15) is 0 Å². The molecule has 6 rings (SSSR count). The summed E-state index contributed by atoms with van der Waals surface area (Å²) in [7, 11) is 2.19. The highest BCUT2D eigenvalue weighted by atomic mass is 16.5. The van der Waals surface area contributed by atoms with Gasteiger partial charge in [0.25, 0.3) is 0 Å². The van der Waals surface area contributed by atoms with Gasteiger partial charge in [-0.15, -0.1) is 10.2 Å². The van der Waals surface area contributed by atoms with E-state index in [1.807, 2.05) is 12.4 Å². The van der Waals surface area contributed by atoms with Crippen molar-refractivity contribution in [3.8, 4) is 22.4 Å². The van der Waals surface area contributed by atoms with E-state index in [2.05, 4.69) is 80.4 Å². The number of ether oxygens (including phenoxy) is 1. The van der Waals surface area contributed by atoms with Crippen LogP contribution >= 0.6 is 0 Å². The Morgan fingerprint density at radius 2 is 1.74 bits per heavy atom. The number of H-pyrrole nitrogens is 1. The van der Waals surface area contributed by atoms with Crippen molar-refractivity contribution < 1.29 is 4.74 Å². The first-order valence-corrected chi connectivity index (χ1v) is 12.3. The maximum absolute atomic E-state index is 5.60.